The lowest BCUT2D eigenvalue weighted by atomic mass is 10.1. The number of carboxylic acids is 2. The van der Waals surface area contributed by atoms with Crippen LogP contribution in [-0.2, 0) is 0 Å². The van der Waals surface area contributed by atoms with Crippen molar-refractivity contribution in [1.82, 2.24) is 0 Å². The molecule has 0 aliphatic rings. The summed E-state index contributed by atoms with van der Waals surface area (Å²) in [4.78, 5) is 59.1. The summed E-state index contributed by atoms with van der Waals surface area (Å²) < 4.78 is 5.79. The van der Waals surface area contributed by atoms with Crippen LogP contribution in [-0.4, -0.2) is 38.9 Å². The normalized spacial score (nSPS) is 10.3. The Morgan fingerprint density at radius 2 is 1.38 bits per heavy atom. The molecule has 0 atom stereocenters. The first-order valence-electron chi connectivity index (χ1n) is 11.5. The van der Waals surface area contributed by atoms with Gasteiger partial charge in [0.2, 0.25) is 0 Å². The zero-order valence-corrected chi connectivity index (χ0v) is 20.4. The van der Waals surface area contributed by atoms with Gasteiger partial charge in [-0.3, -0.25) is 19.7 Å². The Labute approximate surface area is 225 Å². The van der Waals surface area contributed by atoms with Crippen LogP contribution in [0, 0.1) is 10.1 Å². The molecule has 4 aromatic carbocycles. The van der Waals surface area contributed by atoms with Gasteiger partial charge in [0.15, 0.2) is 5.75 Å². The standard InChI is InChI=1S/C28H19N3O9/c32-25(16-5-2-1-3-6-16)29-18-9-12-24(40-20-10-11-21(27(34)35)22(15-20)28(36)37)23(14-18)30-26(33)17-7-4-8-19(13-17)31(38)39/h1-15H,(H,29,32)(H,30,33)(H,34,35)(H,36,37). The fourth-order valence-electron chi connectivity index (χ4n) is 3.62. The third-order valence-corrected chi connectivity index (χ3v) is 5.52. The van der Waals surface area contributed by atoms with E-state index >= 15 is 0 Å². The van der Waals surface area contributed by atoms with Gasteiger partial charge in [0.1, 0.15) is 5.75 Å². The molecule has 2 amide bonds. The third-order valence-electron chi connectivity index (χ3n) is 5.52. The molecule has 4 rings (SSSR count). The average Bonchev–Trinajstić information content (AvgIpc) is 2.94. The predicted molar refractivity (Wildman–Crippen MR) is 142 cm³/mol. The Bertz CT molecular complexity index is 1650. The minimum Gasteiger partial charge on any atom is -0.478 e. The van der Waals surface area contributed by atoms with E-state index in [2.05, 4.69) is 10.6 Å². The molecule has 0 aromatic heterocycles. The van der Waals surface area contributed by atoms with Gasteiger partial charge in [0.25, 0.3) is 17.5 Å². The molecule has 0 saturated carbocycles. The summed E-state index contributed by atoms with van der Waals surface area (Å²) in [5.74, 6) is -4.12. The van der Waals surface area contributed by atoms with Gasteiger partial charge < -0.3 is 25.6 Å². The molecule has 0 heterocycles. The van der Waals surface area contributed by atoms with Crippen molar-refractivity contribution in [2.24, 2.45) is 0 Å². The number of nitro benzene ring substituents is 1. The highest BCUT2D eigenvalue weighted by atomic mass is 16.6. The van der Waals surface area contributed by atoms with Crippen LogP contribution < -0.4 is 15.4 Å². The number of hydrogen-bond acceptors (Lipinski definition) is 7. The van der Waals surface area contributed by atoms with Gasteiger partial charge >= 0.3 is 11.9 Å². The van der Waals surface area contributed by atoms with E-state index in [1.165, 1.54) is 42.5 Å². The summed E-state index contributed by atoms with van der Waals surface area (Å²) in [7, 11) is 0. The lowest BCUT2D eigenvalue weighted by Gasteiger charge is -2.15. The topological polar surface area (TPSA) is 185 Å². The summed E-state index contributed by atoms with van der Waals surface area (Å²) in [6, 6.07) is 21.0. The number of anilines is 2. The number of carboxylic acid groups (broad SMARTS) is 2. The molecule has 0 aliphatic carbocycles. The number of carbonyl (C=O) groups excluding carboxylic acids is 2. The predicted octanol–water partition coefficient (Wildman–Crippen LogP) is 5.29. The molecule has 0 saturated heterocycles. The molecule has 200 valence electrons. The second-order valence-electron chi connectivity index (χ2n) is 8.21. The van der Waals surface area contributed by atoms with Gasteiger partial charge in [-0.05, 0) is 54.6 Å². The molecule has 4 aromatic rings. The Balaban J connectivity index is 1.69. The number of non-ortho nitro benzene ring substituents is 1. The van der Waals surface area contributed by atoms with Gasteiger partial charge in [-0.15, -0.1) is 0 Å². The van der Waals surface area contributed by atoms with E-state index in [1.807, 2.05) is 0 Å². The van der Waals surface area contributed by atoms with Crippen molar-refractivity contribution in [3.05, 3.63) is 123 Å². The van der Waals surface area contributed by atoms with E-state index in [-0.39, 0.29) is 34.1 Å². The number of nitrogens with zero attached hydrogens (tertiary/aromatic N) is 1. The first-order chi connectivity index (χ1) is 19.1. The van der Waals surface area contributed by atoms with E-state index in [0.717, 1.165) is 18.2 Å². The number of aromatic carboxylic acids is 2. The molecule has 12 nitrogen and oxygen atoms in total. The second kappa shape index (κ2) is 11.6. The van der Waals surface area contributed by atoms with Crippen molar-refractivity contribution in [2.75, 3.05) is 10.6 Å². The summed E-state index contributed by atoms with van der Waals surface area (Å²) >= 11 is 0. The van der Waals surface area contributed by atoms with E-state index in [0.29, 0.717) is 5.56 Å². The Morgan fingerprint density at radius 1 is 0.700 bits per heavy atom. The van der Waals surface area contributed by atoms with E-state index in [4.69, 9.17) is 4.74 Å². The van der Waals surface area contributed by atoms with Crippen molar-refractivity contribution in [3.8, 4) is 11.5 Å². The fourth-order valence-corrected chi connectivity index (χ4v) is 3.62. The maximum absolute atomic E-state index is 13.0. The van der Waals surface area contributed by atoms with Crippen LogP contribution >= 0.6 is 0 Å². The molecule has 0 spiro atoms. The quantitative estimate of drug-likeness (QED) is 0.161. The zero-order chi connectivity index (χ0) is 28.8. The summed E-state index contributed by atoms with van der Waals surface area (Å²) in [6.07, 6.45) is 0. The van der Waals surface area contributed by atoms with Crippen LogP contribution in [0.5, 0.6) is 11.5 Å². The number of ether oxygens (including phenoxy) is 1. The minimum absolute atomic E-state index is 0.0101. The Kier molecular flexibility index (Phi) is 7.81. The summed E-state index contributed by atoms with van der Waals surface area (Å²) in [6.45, 7) is 0. The van der Waals surface area contributed by atoms with Gasteiger partial charge in [0, 0.05) is 28.9 Å². The van der Waals surface area contributed by atoms with E-state index in [9.17, 15) is 39.5 Å². The highest BCUT2D eigenvalue weighted by molar-refractivity contribution is 6.07. The van der Waals surface area contributed by atoms with Gasteiger partial charge in [-0.25, -0.2) is 9.59 Å². The van der Waals surface area contributed by atoms with Gasteiger partial charge in [-0.1, -0.05) is 24.3 Å². The highest BCUT2D eigenvalue weighted by Gasteiger charge is 2.19. The summed E-state index contributed by atoms with van der Waals surface area (Å²) in [5, 5.41) is 35.1. The van der Waals surface area contributed by atoms with Crippen LogP contribution in [0.15, 0.2) is 91.0 Å². The van der Waals surface area contributed by atoms with Crippen LogP contribution in [0.25, 0.3) is 0 Å². The van der Waals surface area contributed by atoms with E-state index < -0.39 is 39.8 Å². The Morgan fingerprint density at radius 3 is 2.05 bits per heavy atom. The van der Waals surface area contributed by atoms with Crippen molar-refractivity contribution < 1.29 is 39.1 Å². The molecule has 0 aliphatic heterocycles. The number of hydrogen-bond donors (Lipinski definition) is 4. The molecule has 0 unspecified atom stereocenters. The number of rotatable bonds is 9. The Hall–Kier alpha value is -6.04. The maximum atomic E-state index is 13.0. The second-order valence-corrected chi connectivity index (χ2v) is 8.21. The maximum Gasteiger partial charge on any atom is 0.336 e. The monoisotopic (exact) mass is 541 g/mol. The third kappa shape index (κ3) is 6.26. The van der Waals surface area contributed by atoms with Crippen LogP contribution in [0.2, 0.25) is 0 Å². The number of nitro groups is 1. The van der Waals surface area contributed by atoms with Crippen molar-refractivity contribution in [1.29, 1.82) is 0 Å². The smallest absolute Gasteiger partial charge is 0.336 e. The van der Waals surface area contributed by atoms with Crippen LogP contribution in [0.3, 0.4) is 0 Å². The molecular weight excluding hydrogens is 522 g/mol. The van der Waals surface area contributed by atoms with Crippen molar-refractivity contribution in [3.63, 3.8) is 0 Å². The minimum atomic E-state index is -1.49. The fraction of sp³-hybridized carbons (Fsp3) is 0. The number of carbonyl (C=O) groups is 4. The molecule has 0 radical (unpaired) electrons. The van der Waals surface area contributed by atoms with Crippen LogP contribution in [0.1, 0.15) is 41.4 Å². The molecule has 4 N–H and O–H groups in total. The molecule has 12 heteroatoms. The van der Waals surface area contributed by atoms with Gasteiger partial charge in [0.05, 0.1) is 21.7 Å². The first-order valence-corrected chi connectivity index (χ1v) is 11.5. The number of benzene rings is 4. The molecule has 0 fully saturated rings. The average molecular weight is 541 g/mol. The van der Waals surface area contributed by atoms with E-state index in [1.54, 1.807) is 30.3 Å². The zero-order valence-electron chi connectivity index (χ0n) is 20.4. The lowest BCUT2D eigenvalue weighted by Crippen LogP contribution is -2.15. The SMILES string of the molecule is O=C(Nc1ccc(Oc2ccc(C(=O)O)c(C(=O)O)c2)c(NC(=O)c2cccc([N+](=O)[O-])c2)c1)c1ccccc1. The highest BCUT2D eigenvalue weighted by Crippen LogP contribution is 2.34. The molecular formula is C28H19N3O9. The number of amides is 2. The van der Waals surface area contributed by atoms with Crippen molar-refractivity contribution >= 4 is 40.8 Å². The van der Waals surface area contributed by atoms with Gasteiger partial charge in [-0.2, -0.15) is 0 Å². The van der Waals surface area contributed by atoms with Crippen LogP contribution in [0.4, 0.5) is 17.1 Å². The first kappa shape index (κ1) is 27.0. The molecule has 0 bridgehead atoms. The van der Waals surface area contributed by atoms with Crippen molar-refractivity contribution in [2.45, 2.75) is 0 Å². The lowest BCUT2D eigenvalue weighted by molar-refractivity contribution is -0.384. The summed E-state index contributed by atoms with van der Waals surface area (Å²) in [5.41, 5.74) is -0.614. The number of nitrogens with one attached hydrogen (secondary N) is 2. The molecule has 40 heavy (non-hydrogen) atoms. The largest absolute Gasteiger partial charge is 0.478 e.